The van der Waals surface area contributed by atoms with Crippen molar-refractivity contribution < 1.29 is 38.2 Å². The molecule has 5 aliphatic rings. The molecule has 1 aromatic heterocycles. The van der Waals surface area contributed by atoms with E-state index >= 15 is 0 Å². The number of nitrogens with one attached hydrogen (secondary N) is 3. The number of hydrogen-bond donors (Lipinski definition) is 3. The maximum atomic E-state index is 14.6. The van der Waals surface area contributed by atoms with Crippen LogP contribution in [-0.4, -0.2) is 87.0 Å². The molecule has 0 spiro atoms. The van der Waals surface area contributed by atoms with Crippen LogP contribution in [0.5, 0.6) is 0 Å². The molecule has 3 heterocycles. The number of carbonyl (C=O) groups is 6. The van der Waals surface area contributed by atoms with E-state index < -0.39 is 53.6 Å². The minimum absolute atomic E-state index is 0.0191. The highest BCUT2D eigenvalue weighted by molar-refractivity contribution is 6.03. The lowest BCUT2D eigenvalue weighted by atomic mass is 9.83. The summed E-state index contributed by atoms with van der Waals surface area (Å²) < 4.78 is 11.6. The minimum atomic E-state index is -1.55. The number of nitrogens with zero attached hydrogens (tertiary/aromatic N) is 3. The van der Waals surface area contributed by atoms with Crippen LogP contribution in [0.2, 0.25) is 0 Å². The zero-order valence-electron chi connectivity index (χ0n) is 29.4. The van der Waals surface area contributed by atoms with Gasteiger partial charge >= 0.3 is 12.2 Å². The van der Waals surface area contributed by atoms with Gasteiger partial charge in [-0.1, -0.05) is 25.3 Å². The number of ether oxygens (including phenoxy) is 2. The summed E-state index contributed by atoms with van der Waals surface area (Å²) in [5, 5.41) is 8.08. The maximum Gasteiger partial charge on any atom is 0.410 e. The second-order valence-electron chi connectivity index (χ2n) is 15.0. The molecule has 14 heteroatoms. The zero-order chi connectivity index (χ0) is 36.1. The van der Waals surface area contributed by atoms with E-state index in [1.807, 2.05) is 6.07 Å². The first kappa shape index (κ1) is 36.3. The number of aromatic nitrogens is 1. The van der Waals surface area contributed by atoms with E-state index in [0.29, 0.717) is 25.9 Å². The van der Waals surface area contributed by atoms with Crippen molar-refractivity contribution in [1.29, 1.82) is 0 Å². The smallest absolute Gasteiger partial charge is 0.410 e. The van der Waals surface area contributed by atoms with Gasteiger partial charge in [-0.15, -0.1) is 6.58 Å². The summed E-state index contributed by atoms with van der Waals surface area (Å²) in [5.74, 6) is -2.57. The normalized spacial score (nSPS) is 23.8. The predicted octanol–water partition coefficient (Wildman–Crippen LogP) is 3.62. The van der Waals surface area contributed by atoms with E-state index in [0.717, 1.165) is 68.9 Å². The van der Waals surface area contributed by atoms with E-state index in [2.05, 4.69) is 27.5 Å². The highest BCUT2D eigenvalue weighted by Crippen LogP contribution is 2.32. The van der Waals surface area contributed by atoms with Crippen LogP contribution >= 0.6 is 0 Å². The van der Waals surface area contributed by atoms with Crippen LogP contribution in [0.4, 0.5) is 9.59 Å². The van der Waals surface area contributed by atoms with Gasteiger partial charge in [0.15, 0.2) is 0 Å². The molecule has 3 saturated carbocycles. The fourth-order valence-corrected chi connectivity index (χ4v) is 7.83. The highest BCUT2D eigenvalue weighted by Gasteiger charge is 2.48. The van der Waals surface area contributed by atoms with Crippen molar-refractivity contribution in [2.75, 3.05) is 6.54 Å². The van der Waals surface area contributed by atoms with Crippen LogP contribution < -0.4 is 16.0 Å². The first-order chi connectivity index (χ1) is 24.5. The van der Waals surface area contributed by atoms with Crippen molar-refractivity contribution in [3.8, 4) is 0 Å². The third-order valence-electron chi connectivity index (χ3n) is 11.0. The Hall–Kier alpha value is -4.49. The number of rotatable bonds is 11. The quantitative estimate of drug-likeness (QED) is 0.290. The van der Waals surface area contributed by atoms with E-state index in [1.165, 1.54) is 17.9 Å². The molecule has 6 amide bonds. The van der Waals surface area contributed by atoms with Gasteiger partial charge in [0.05, 0.1) is 13.1 Å². The van der Waals surface area contributed by atoms with Gasteiger partial charge in [-0.3, -0.25) is 34.4 Å². The Bertz CT molecular complexity index is 1490. The van der Waals surface area contributed by atoms with Gasteiger partial charge in [0.2, 0.25) is 17.7 Å². The number of pyridine rings is 1. The van der Waals surface area contributed by atoms with Crippen molar-refractivity contribution in [3.63, 3.8) is 0 Å². The molecule has 3 aliphatic carbocycles. The van der Waals surface area contributed by atoms with Gasteiger partial charge in [-0.05, 0) is 87.8 Å². The molecule has 3 N–H and O–H groups in total. The van der Waals surface area contributed by atoms with Crippen molar-refractivity contribution in [2.24, 2.45) is 11.8 Å². The molecular formula is C37H50N6O8. The first-order valence-corrected chi connectivity index (χ1v) is 18.5. The topological polar surface area (TPSA) is 176 Å². The summed E-state index contributed by atoms with van der Waals surface area (Å²) >= 11 is 0. The van der Waals surface area contributed by atoms with Gasteiger partial charge in [-0.2, -0.15) is 0 Å². The van der Waals surface area contributed by atoms with Crippen molar-refractivity contribution in [1.82, 2.24) is 30.7 Å². The van der Waals surface area contributed by atoms with Crippen LogP contribution in [0.15, 0.2) is 31.1 Å². The van der Waals surface area contributed by atoms with Crippen LogP contribution in [0.1, 0.15) is 102 Å². The number of likely N-dealkylation sites (tertiary alicyclic amines) is 1. The number of carbonyl (C=O) groups excluding carboxylic acids is 6. The molecule has 1 saturated heterocycles. The molecule has 0 aromatic carbocycles. The third kappa shape index (κ3) is 8.70. The average molecular weight is 707 g/mol. The largest absolute Gasteiger partial charge is 0.446 e. The van der Waals surface area contributed by atoms with Crippen molar-refractivity contribution >= 4 is 35.8 Å². The molecule has 0 unspecified atom stereocenters. The molecule has 2 aliphatic heterocycles. The molecule has 0 bridgehead atoms. The lowest BCUT2D eigenvalue weighted by Crippen LogP contribution is -2.62. The van der Waals surface area contributed by atoms with E-state index in [9.17, 15) is 28.8 Å². The van der Waals surface area contributed by atoms with E-state index in [-0.39, 0.29) is 43.2 Å². The van der Waals surface area contributed by atoms with Gasteiger partial charge in [-0.25, -0.2) is 9.59 Å². The predicted molar refractivity (Wildman–Crippen MR) is 183 cm³/mol. The fraction of sp³-hybridized carbons (Fsp3) is 0.649. The molecule has 51 heavy (non-hydrogen) atoms. The van der Waals surface area contributed by atoms with Gasteiger partial charge in [0.25, 0.3) is 5.91 Å². The Kier molecular flexibility index (Phi) is 11.3. The Morgan fingerprint density at radius 1 is 0.941 bits per heavy atom. The third-order valence-corrected chi connectivity index (χ3v) is 11.0. The number of amides is 6. The summed E-state index contributed by atoms with van der Waals surface area (Å²) in [7, 11) is 0. The number of fused-ring (bicyclic) bond motifs is 1. The van der Waals surface area contributed by atoms with Gasteiger partial charge in [0, 0.05) is 31.3 Å². The van der Waals surface area contributed by atoms with Gasteiger partial charge in [0.1, 0.15) is 29.8 Å². The van der Waals surface area contributed by atoms with E-state index in [4.69, 9.17) is 9.47 Å². The monoisotopic (exact) mass is 706 g/mol. The summed E-state index contributed by atoms with van der Waals surface area (Å²) in [6, 6.07) is -0.238. The Morgan fingerprint density at radius 3 is 2.33 bits per heavy atom. The van der Waals surface area contributed by atoms with Crippen LogP contribution in [0, 0.1) is 11.8 Å². The van der Waals surface area contributed by atoms with E-state index in [1.54, 1.807) is 17.3 Å². The average Bonchev–Trinajstić information content (AvgIpc) is 3.46. The van der Waals surface area contributed by atoms with Crippen LogP contribution in [-0.2, 0) is 41.7 Å². The first-order valence-electron chi connectivity index (χ1n) is 18.5. The maximum absolute atomic E-state index is 14.6. The number of imide groups is 1. The Balaban J connectivity index is 1.22. The van der Waals surface area contributed by atoms with Crippen LogP contribution in [0.25, 0.3) is 0 Å². The lowest BCUT2D eigenvalue weighted by molar-refractivity contribution is -0.143. The van der Waals surface area contributed by atoms with Gasteiger partial charge < -0.3 is 25.0 Å². The molecule has 4 fully saturated rings. The molecule has 0 radical (unpaired) electrons. The lowest BCUT2D eigenvalue weighted by Gasteiger charge is -2.35. The molecule has 1 aromatic rings. The van der Waals surface area contributed by atoms with Crippen molar-refractivity contribution in [3.05, 3.63) is 42.2 Å². The SMILES string of the molecule is C=CC[C@@](C)(NC(=O)[C@@H]1C[C@@H](OC(=O)N2Cc3ccncc3C2)CN1C(=O)[C@@H](NC(=O)OC1CCCC1)C1CCCCC1)C(=O)NC(=O)C1CC1. The second-order valence-corrected chi connectivity index (χ2v) is 15.0. The number of alkyl carbamates (subject to hydrolysis) is 1. The highest BCUT2D eigenvalue weighted by atomic mass is 16.6. The van der Waals surface area contributed by atoms with Crippen molar-refractivity contribution in [2.45, 2.75) is 133 Å². The Morgan fingerprint density at radius 2 is 1.65 bits per heavy atom. The molecule has 276 valence electrons. The summed E-state index contributed by atoms with van der Waals surface area (Å²) in [5.41, 5.74) is 0.336. The minimum Gasteiger partial charge on any atom is -0.446 e. The standard InChI is InChI=1S/C37H50N6O8/c1-3-16-37(2,34(47)40-31(44)24-13-14-24)41-32(45)29-18-28(51-36(49)42-20-25-15-17-38-19-26(25)21-42)22-43(29)33(46)30(23-9-5-4-6-10-23)39-35(48)50-27-11-7-8-12-27/h3,15,17,19,23-24,27-30H,1,4-14,16,18,20-22H2,2H3,(H,39,48)(H,41,45)(H,40,44,47)/t28-,29+,30+,37-/m1/s1. The summed E-state index contributed by atoms with van der Waals surface area (Å²) in [6.45, 7) is 5.84. The number of hydrogen-bond acceptors (Lipinski definition) is 9. The van der Waals surface area contributed by atoms with Crippen LogP contribution in [0.3, 0.4) is 0 Å². The Labute approximate surface area is 298 Å². The summed E-state index contributed by atoms with van der Waals surface area (Å²) in [4.78, 5) is 88.3. The molecular weight excluding hydrogens is 656 g/mol. The second kappa shape index (κ2) is 15.8. The molecule has 14 nitrogen and oxygen atoms in total. The summed E-state index contributed by atoms with van der Waals surface area (Å²) in [6.07, 6.45) is 11.8. The molecule has 6 rings (SSSR count). The fourth-order valence-electron chi connectivity index (χ4n) is 7.83. The zero-order valence-corrected chi connectivity index (χ0v) is 29.4. The molecule has 4 atom stereocenters.